The van der Waals surface area contributed by atoms with E-state index in [2.05, 4.69) is 14.9 Å². The maximum Gasteiger partial charge on any atom is 0.389 e. The fourth-order valence-corrected chi connectivity index (χ4v) is 2.71. The number of alkyl halides is 3. The van der Waals surface area contributed by atoms with Gasteiger partial charge in [0.05, 0.1) is 10.6 Å². The van der Waals surface area contributed by atoms with Crippen LogP contribution >= 0.6 is 11.5 Å². The molecule has 0 aromatic carbocycles. The van der Waals surface area contributed by atoms with Crippen molar-refractivity contribution >= 4 is 11.5 Å². The van der Waals surface area contributed by atoms with E-state index in [9.17, 15) is 13.2 Å². The van der Waals surface area contributed by atoms with Crippen LogP contribution < -0.4 is 5.32 Å². The van der Waals surface area contributed by atoms with E-state index in [0.717, 1.165) is 10.6 Å². The largest absolute Gasteiger partial charge is 0.389 e. The van der Waals surface area contributed by atoms with Crippen LogP contribution in [-0.2, 0) is 0 Å². The van der Waals surface area contributed by atoms with Crippen LogP contribution in [0.2, 0.25) is 0 Å². The molecule has 0 fully saturated rings. The highest BCUT2D eigenvalue weighted by molar-refractivity contribution is 7.05. The molecule has 1 atom stereocenters. The molecular formula is C11H18F3N3S. The van der Waals surface area contributed by atoms with E-state index in [1.165, 1.54) is 11.5 Å². The molecule has 1 unspecified atom stereocenters. The summed E-state index contributed by atoms with van der Waals surface area (Å²) in [6.45, 7) is 4.01. The van der Waals surface area contributed by atoms with Crippen molar-refractivity contribution in [3.05, 3.63) is 10.6 Å². The zero-order valence-electron chi connectivity index (χ0n) is 10.7. The SMILES string of the molecule is CNC(CCCC(F)(F)F)c1snnc1C(C)C. The third kappa shape index (κ3) is 4.53. The summed E-state index contributed by atoms with van der Waals surface area (Å²) < 4.78 is 40.3. The fourth-order valence-electron chi connectivity index (χ4n) is 1.76. The van der Waals surface area contributed by atoms with Gasteiger partial charge < -0.3 is 5.32 Å². The summed E-state index contributed by atoms with van der Waals surface area (Å²) >= 11 is 1.26. The quantitative estimate of drug-likeness (QED) is 0.864. The van der Waals surface area contributed by atoms with Crippen molar-refractivity contribution < 1.29 is 13.2 Å². The highest BCUT2D eigenvalue weighted by atomic mass is 32.1. The first-order valence-corrected chi connectivity index (χ1v) is 6.68. The van der Waals surface area contributed by atoms with Crippen LogP contribution in [0.15, 0.2) is 0 Å². The number of hydrogen-bond acceptors (Lipinski definition) is 4. The van der Waals surface area contributed by atoms with E-state index in [1.54, 1.807) is 7.05 Å². The highest BCUT2D eigenvalue weighted by Crippen LogP contribution is 2.31. The zero-order chi connectivity index (χ0) is 13.8. The molecule has 0 saturated heterocycles. The van der Waals surface area contributed by atoms with Gasteiger partial charge in [-0.25, -0.2) is 0 Å². The molecule has 1 N–H and O–H groups in total. The molecule has 7 heteroatoms. The first kappa shape index (κ1) is 15.4. The summed E-state index contributed by atoms with van der Waals surface area (Å²) in [4.78, 5) is 0.953. The van der Waals surface area contributed by atoms with Gasteiger partial charge in [-0.3, -0.25) is 0 Å². The Morgan fingerprint density at radius 1 is 1.33 bits per heavy atom. The van der Waals surface area contributed by atoms with Crippen LogP contribution in [-0.4, -0.2) is 22.8 Å². The van der Waals surface area contributed by atoms with E-state index in [0.29, 0.717) is 6.42 Å². The molecule has 0 spiro atoms. The lowest BCUT2D eigenvalue weighted by Gasteiger charge is -2.16. The number of aromatic nitrogens is 2. The van der Waals surface area contributed by atoms with Crippen molar-refractivity contribution in [2.45, 2.75) is 51.2 Å². The van der Waals surface area contributed by atoms with E-state index in [4.69, 9.17) is 0 Å². The Morgan fingerprint density at radius 2 is 2.00 bits per heavy atom. The van der Waals surface area contributed by atoms with E-state index in [1.807, 2.05) is 13.8 Å². The van der Waals surface area contributed by atoms with E-state index >= 15 is 0 Å². The van der Waals surface area contributed by atoms with Gasteiger partial charge in [0, 0.05) is 12.5 Å². The molecular weight excluding hydrogens is 263 g/mol. The maximum absolute atomic E-state index is 12.1. The zero-order valence-corrected chi connectivity index (χ0v) is 11.5. The average Bonchev–Trinajstić information content (AvgIpc) is 2.71. The second kappa shape index (κ2) is 6.47. The Kier molecular flexibility index (Phi) is 5.52. The Bertz CT molecular complexity index is 363. The molecule has 0 aliphatic carbocycles. The Balaban J connectivity index is 2.63. The van der Waals surface area contributed by atoms with Gasteiger partial charge in [0.15, 0.2) is 0 Å². The summed E-state index contributed by atoms with van der Waals surface area (Å²) in [6.07, 6.45) is -4.26. The maximum atomic E-state index is 12.1. The molecule has 18 heavy (non-hydrogen) atoms. The Labute approximate surface area is 109 Å². The molecule has 0 bridgehead atoms. The lowest BCUT2D eigenvalue weighted by atomic mass is 10.0. The van der Waals surface area contributed by atoms with Gasteiger partial charge in [-0.1, -0.05) is 18.3 Å². The van der Waals surface area contributed by atoms with Gasteiger partial charge in [0.1, 0.15) is 0 Å². The minimum Gasteiger partial charge on any atom is -0.312 e. The molecule has 3 nitrogen and oxygen atoms in total. The Morgan fingerprint density at radius 3 is 2.50 bits per heavy atom. The van der Waals surface area contributed by atoms with Gasteiger partial charge in [-0.05, 0) is 37.3 Å². The first-order valence-electron chi connectivity index (χ1n) is 5.91. The smallest absolute Gasteiger partial charge is 0.312 e. The normalized spacial score (nSPS) is 14.2. The van der Waals surface area contributed by atoms with Crippen molar-refractivity contribution in [1.82, 2.24) is 14.9 Å². The third-order valence-electron chi connectivity index (χ3n) is 2.71. The second-order valence-electron chi connectivity index (χ2n) is 4.53. The van der Waals surface area contributed by atoms with Crippen molar-refractivity contribution in [3.8, 4) is 0 Å². The number of rotatable bonds is 6. The monoisotopic (exact) mass is 281 g/mol. The molecule has 0 aliphatic heterocycles. The molecule has 1 aromatic heterocycles. The number of nitrogens with one attached hydrogen (secondary N) is 1. The topological polar surface area (TPSA) is 37.8 Å². The highest BCUT2D eigenvalue weighted by Gasteiger charge is 2.27. The van der Waals surface area contributed by atoms with Crippen LogP contribution in [0.25, 0.3) is 0 Å². The van der Waals surface area contributed by atoms with Crippen molar-refractivity contribution in [2.24, 2.45) is 0 Å². The summed E-state index contributed by atoms with van der Waals surface area (Å²) in [5.41, 5.74) is 0.881. The molecule has 0 amide bonds. The lowest BCUT2D eigenvalue weighted by Crippen LogP contribution is -2.18. The second-order valence-corrected chi connectivity index (χ2v) is 5.31. The van der Waals surface area contributed by atoms with Crippen LogP contribution in [0, 0.1) is 0 Å². The summed E-state index contributed by atoms with van der Waals surface area (Å²) in [5.74, 6) is 0.234. The average molecular weight is 281 g/mol. The standard InChI is InChI=1S/C11H18F3N3S/c1-7(2)9-10(18-17-16-9)8(15-3)5-4-6-11(12,13)14/h7-8,15H,4-6H2,1-3H3. The minimum atomic E-state index is -4.08. The van der Waals surface area contributed by atoms with Crippen LogP contribution in [0.5, 0.6) is 0 Å². The van der Waals surface area contributed by atoms with Crippen LogP contribution in [0.4, 0.5) is 13.2 Å². The predicted octanol–water partition coefficient (Wildman–Crippen LogP) is 3.65. The molecule has 0 aliphatic rings. The van der Waals surface area contributed by atoms with Crippen molar-refractivity contribution in [1.29, 1.82) is 0 Å². The third-order valence-corrected chi connectivity index (χ3v) is 3.56. The minimum absolute atomic E-state index is 0.0928. The fraction of sp³-hybridized carbons (Fsp3) is 0.818. The summed E-state index contributed by atoms with van der Waals surface area (Å²) in [5, 5.41) is 7.10. The van der Waals surface area contributed by atoms with Crippen LogP contribution in [0.3, 0.4) is 0 Å². The summed E-state index contributed by atoms with van der Waals surface area (Å²) in [6, 6.07) is -0.0928. The predicted molar refractivity (Wildman–Crippen MR) is 65.7 cm³/mol. The van der Waals surface area contributed by atoms with Gasteiger partial charge in [-0.2, -0.15) is 13.2 Å². The van der Waals surface area contributed by atoms with Gasteiger partial charge in [0.2, 0.25) is 0 Å². The molecule has 0 radical (unpaired) electrons. The number of nitrogens with zero attached hydrogens (tertiary/aromatic N) is 2. The summed E-state index contributed by atoms with van der Waals surface area (Å²) in [7, 11) is 1.75. The molecule has 1 aromatic rings. The Hall–Kier alpha value is -0.690. The molecule has 0 saturated carbocycles. The molecule has 1 heterocycles. The molecule has 1 rings (SSSR count). The first-order chi connectivity index (χ1) is 8.35. The van der Waals surface area contributed by atoms with E-state index < -0.39 is 12.6 Å². The van der Waals surface area contributed by atoms with Crippen molar-refractivity contribution in [2.75, 3.05) is 7.05 Å². The van der Waals surface area contributed by atoms with Crippen LogP contribution in [0.1, 0.15) is 55.6 Å². The van der Waals surface area contributed by atoms with Crippen molar-refractivity contribution in [3.63, 3.8) is 0 Å². The van der Waals surface area contributed by atoms with Gasteiger partial charge in [-0.15, -0.1) is 5.10 Å². The number of hydrogen-bond donors (Lipinski definition) is 1. The van der Waals surface area contributed by atoms with E-state index in [-0.39, 0.29) is 18.4 Å². The molecule has 104 valence electrons. The number of halogens is 3. The lowest BCUT2D eigenvalue weighted by molar-refractivity contribution is -0.135. The van der Waals surface area contributed by atoms with Gasteiger partial charge >= 0.3 is 6.18 Å². The van der Waals surface area contributed by atoms with Gasteiger partial charge in [0.25, 0.3) is 0 Å².